The van der Waals surface area contributed by atoms with Gasteiger partial charge in [-0.2, -0.15) is 0 Å². The zero-order valence-corrected chi connectivity index (χ0v) is 12.7. The first-order valence-corrected chi connectivity index (χ1v) is 7.76. The van der Waals surface area contributed by atoms with Crippen molar-refractivity contribution < 1.29 is 4.79 Å². The number of carbonyl (C=O) groups is 1. The number of aromatic nitrogens is 1. The molecule has 0 saturated heterocycles. The van der Waals surface area contributed by atoms with Crippen molar-refractivity contribution in [1.29, 1.82) is 0 Å². The minimum atomic E-state index is 0.0249. The summed E-state index contributed by atoms with van der Waals surface area (Å²) in [6.45, 7) is 6.36. The Morgan fingerprint density at radius 1 is 1.37 bits per heavy atom. The maximum Gasteiger partial charge on any atom is 0.229 e. The van der Waals surface area contributed by atoms with E-state index in [4.69, 9.17) is 5.73 Å². The largest absolute Gasteiger partial charge is 0.328 e. The third-order valence-electron chi connectivity index (χ3n) is 3.65. The molecule has 0 radical (unpaired) electrons. The Morgan fingerprint density at radius 3 is 2.53 bits per heavy atom. The monoisotopic (exact) mass is 281 g/mol. The summed E-state index contributed by atoms with van der Waals surface area (Å²) < 4.78 is 0. The molecule has 1 heterocycles. The highest BCUT2D eigenvalue weighted by molar-refractivity contribution is 7.13. The molecule has 3 N–H and O–H groups in total. The van der Waals surface area contributed by atoms with Crippen molar-refractivity contribution in [1.82, 2.24) is 4.98 Å². The molecule has 5 heteroatoms. The van der Waals surface area contributed by atoms with Crippen LogP contribution in [0.3, 0.4) is 0 Å². The van der Waals surface area contributed by atoms with Crippen molar-refractivity contribution in [3.05, 3.63) is 11.1 Å². The average molecular weight is 281 g/mol. The van der Waals surface area contributed by atoms with Crippen molar-refractivity contribution in [2.75, 3.05) is 5.32 Å². The molecular formula is C14H23N3OS. The second-order valence-corrected chi connectivity index (χ2v) is 7.25. The number of hydrogen-bond acceptors (Lipinski definition) is 4. The lowest BCUT2D eigenvalue weighted by Gasteiger charge is -2.24. The van der Waals surface area contributed by atoms with E-state index in [2.05, 4.69) is 31.1 Å². The summed E-state index contributed by atoms with van der Waals surface area (Å²) in [5.74, 6) is 0.198. The zero-order chi connectivity index (χ0) is 14.0. The fourth-order valence-corrected chi connectivity index (χ4v) is 3.20. The molecule has 1 saturated carbocycles. The molecule has 0 aromatic carbocycles. The molecule has 0 atom stereocenters. The molecule has 0 spiro atoms. The van der Waals surface area contributed by atoms with Crippen LogP contribution in [0, 0.1) is 5.92 Å². The van der Waals surface area contributed by atoms with E-state index in [1.807, 2.05) is 5.38 Å². The third kappa shape index (κ3) is 3.76. The summed E-state index contributed by atoms with van der Waals surface area (Å²) in [5.41, 5.74) is 6.91. The molecule has 1 amide bonds. The van der Waals surface area contributed by atoms with Gasteiger partial charge in [0.1, 0.15) is 0 Å². The van der Waals surface area contributed by atoms with Crippen LogP contribution in [0.4, 0.5) is 5.13 Å². The molecule has 106 valence electrons. The highest BCUT2D eigenvalue weighted by atomic mass is 32.1. The van der Waals surface area contributed by atoms with Crippen LogP contribution in [-0.2, 0) is 10.2 Å². The lowest BCUT2D eigenvalue weighted by atomic mass is 9.86. The standard InChI is InChI=1S/C14H23N3OS/c1-14(2,3)11-8-19-13(16-11)17-12(18)9-4-6-10(15)7-5-9/h8-10H,4-7,15H2,1-3H3,(H,16,17,18). The van der Waals surface area contributed by atoms with Crippen LogP contribution >= 0.6 is 11.3 Å². The summed E-state index contributed by atoms with van der Waals surface area (Å²) in [5, 5.41) is 5.68. The smallest absolute Gasteiger partial charge is 0.229 e. The van der Waals surface area contributed by atoms with Gasteiger partial charge in [-0.3, -0.25) is 4.79 Å². The van der Waals surface area contributed by atoms with Gasteiger partial charge in [0.05, 0.1) is 5.69 Å². The number of nitrogens with zero attached hydrogens (tertiary/aromatic N) is 1. The van der Waals surface area contributed by atoms with E-state index in [0.717, 1.165) is 31.4 Å². The van der Waals surface area contributed by atoms with E-state index in [-0.39, 0.29) is 23.3 Å². The highest BCUT2D eigenvalue weighted by Crippen LogP contribution is 2.28. The molecule has 2 rings (SSSR count). The van der Waals surface area contributed by atoms with Crippen molar-refractivity contribution in [2.45, 2.75) is 57.9 Å². The van der Waals surface area contributed by atoms with Gasteiger partial charge in [-0.25, -0.2) is 4.98 Å². The molecule has 0 aliphatic heterocycles. The maximum absolute atomic E-state index is 12.1. The van der Waals surface area contributed by atoms with E-state index < -0.39 is 0 Å². The van der Waals surface area contributed by atoms with Crippen LogP contribution in [0.5, 0.6) is 0 Å². The Labute approximate surface area is 118 Å². The molecule has 1 aromatic rings. The summed E-state index contributed by atoms with van der Waals surface area (Å²) in [6, 6.07) is 0.274. The van der Waals surface area contributed by atoms with E-state index in [0.29, 0.717) is 5.13 Å². The van der Waals surface area contributed by atoms with Crippen LogP contribution in [0.2, 0.25) is 0 Å². The zero-order valence-electron chi connectivity index (χ0n) is 11.9. The van der Waals surface area contributed by atoms with Crippen LogP contribution in [0.1, 0.15) is 52.1 Å². The van der Waals surface area contributed by atoms with Crippen LogP contribution in [0.15, 0.2) is 5.38 Å². The first kappa shape index (κ1) is 14.5. The quantitative estimate of drug-likeness (QED) is 0.876. The molecule has 19 heavy (non-hydrogen) atoms. The van der Waals surface area contributed by atoms with E-state index in [1.54, 1.807) is 0 Å². The Morgan fingerprint density at radius 2 is 2.00 bits per heavy atom. The number of hydrogen-bond donors (Lipinski definition) is 2. The van der Waals surface area contributed by atoms with Gasteiger partial charge >= 0.3 is 0 Å². The molecule has 0 unspecified atom stereocenters. The summed E-state index contributed by atoms with van der Waals surface area (Å²) >= 11 is 1.50. The Bertz CT molecular complexity index is 442. The van der Waals surface area contributed by atoms with Gasteiger partial charge in [0.2, 0.25) is 5.91 Å². The minimum Gasteiger partial charge on any atom is -0.328 e. The summed E-state index contributed by atoms with van der Waals surface area (Å²) in [4.78, 5) is 16.6. The highest BCUT2D eigenvalue weighted by Gasteiger charge is 2.25. The number of amides is 1. The Hall–Kier alpha value is -0.940. The fourth-order valence-electron chi connectivity index (χ4n) is 2.26. The predicted molar refractivity (Wildman–Crippen MR) is 79.4 cm³/mol. The van der Waals surface area contributed by atoms with Gasteiger partial charge in [-0.1, -0.05) is 20.8 Å². The van der Waals surface area contributed by atoms with Gasteiger partial charge in [-0.05, 0) is 25.7 Å². The molecule has 1 aliphatic rings. The molecular weight excluding hydrogens is 258 g/mol. The lowest BCUT2D eigenvalue weighted by Crippen LogP contribution is -2.32. The SMILES string of the molecule is CC(C)(C)c1csc(NC(=O)C2CCC(N)CC2)n1. The number of rotatable bonds is 2. The van der Waals surface area contributed by atoms with Crippen molar-refractivity contribution in [3.63, 3.8) is 0 Å². The normalized spacial score (nSPS) is 24.2. The van der Waals surface area contributed by atoms with Gasteiger partial charge in [0.25, 0.3) is 0 Å². The first-order chi connectivity index (χ1) is 8.86. The number of nitrogens with one attached hydrogen (secondary N) is 1. The average Bonchev–Trinajstić information content (AvgIpc) is 2.78. The van der Waals surface area contributed by atoms with Gasteiger partial charge in [0.15, 0.2) is 5.13 Å². The van der Waals surface area contributed by atoms with Gasteiger partial charge < -0.3 is 11.1 Å². The second-order valence-electron chi connectivity index (χ2n) is 6.39. The Balaban J connectivity index is 1.94. The van der Waals surface area contributed by atoms with Gasteiger partial charge in [-0.15, -0.1) is 11.3 Å². The molecule has 1 aliphatic carbocycles. The fraction of sp³-hybridized carbons (Fsp3) is 0.714. The minimum absolute atomic E-state index is 0.0249. The number of carbonyl (C=O) groups excluding carboxylic acids is 1. The number of nitrogens with two attached hydrogens (primary N) is 1. The van der Waals surface area contributed by atoms with E-state index in [9.17, 15) is 4.79 Å². The van der Waals surface area contributed by atoms with E-state index >= 15 is 0 Å². The first-order valence-electron chi connectivity index (χ1n) is 6.88. The molecule has 1 aromatic heterocycles. The lowest BCUT2D eigenvalue weighted by molar-refractivity contribution is -0.120. The molecule has 1 fully saturated rings. The molecule has 0 bridgehead atoms. The summed E-state index contributed by atoms with van der Waals surface area (Å²) in [6.07, 6.45) is 3.68. The van der Waals surface area contributed by atoms with Crippen molar-refractivity contribution in [2.24, 2.45) is 11.7 Å². The van der Waals surface area contributed by atoms with Crippen molar-refractivity contribution in [3.8, 4) is 0 Å². The van der Waals surface area contributed by atoms with Crippen molar-refractivity contribution >= 4 is 22.4 Å². The maximum atomic E-state index is 12.1. The third-order valence-corrected chi connectivity index (χ3v) is 4.40. The van der Waals surface area contributed by atoms with Crippen LogP contribution in [-0.4, -0.2) is 16.9 Å². The van der Waals surface area contributed by atoms with E-state index in [1.165, 1.54) is 11.3 Å². The predicted octanol–water partition coefficient (Wildman–Crippen LogP) is 2.90. The second kappa shape index (κ2) is 5.59. The van der Waals surface area contributed by atoms with Crippen LogP contribution in [0.25, 0.3) is 0 Å². The number of anilines is 1. The number of thiazole rings is 1. The summed E-state index contributed by atoms with van der Waals surface area (Å²) in [7, 11) is 0. The van der Waals surface area contributed by atoms with Crippen LogP contribution < -0.4 is 11.1 Å². The topological polar surface area (TPSA) is 68.0 Å². The molecule has 4 nitrogen and oxygen atoms in total. The van der Waals surface area contributed by atoms with Gasteiger partial charge in [0, 0.05) is 22.8 Å². The Kier molecular flexibility index (Phi) is 4.26.